The fourth-order valence-corrected chi connectivity index (χ4v) is 4.81. The van der Waals surface area contributed by atoms with Gasteiger partial charge in [-0.25, -0.2) is 17.8 Å². The number of nitrogens with one attached hydrogen (secondary N) is 2. The summed E-state index contributed by atoms with van der Waals surface area (Å²) in [5, 5.41) is 18.4. The SMILES string of the molecule is O=S(=O)(Nc1cc(Sc2ncn[nH]2)c(O)c2ccccc12)c1ccc(Br)c(F)c1. The van der Waals surface area contributed by atoms with Crippen LogP contribution in [0.25, 0.3) is 10.8 Å². The zero-order valence-electron chi connectivity index (χ0n) is 14.4. The molecule has 11 heteroatoms. The lowest BCUT2D eigenvalue weighted by molar-refractivity contribution is 0.469. The first-order valence-corrected chi connectivity index (χ1v) is 11.2. The van der Waals surface area contributed by atoms with E-state index in [1.54, 1.807) is 24.3 Å². The van der Waals surface area contributed by atoms with Crippen LogP contribution in [0.3, 0.4) is 0 Å². The van der Waals surface area contributed by atoms with Crippen molar-refractivity contribution < 1.29 is 17.9 Å². The van der Waals surface area contributed by atoms with Gasteiger partial charge in [0.2, 0.25) is 0 Å². The molecule has 3 aromatic carbocycles. The Kier molecular flexibility index (Phi) is 5.19. The highest BCUT2D eigenvalue weighted by atomic mass is 79.9. The Morgan fingerprint density at radius 2 is 1.90 bits per heavy atom. The van der Waals surface area contributed by atoms with Gasteiger partial charge in [-0.2, -0.15) is 5.10 Å². The van der Waals surface area contributed by atoms with Crippen molar-refractivity contribution in [1.29, 1.82) is 0 Å². The molecule has 148 valence electrons. The molecular weight excluding hydrogens is 483 g/mol. The topological polar surface area (TPSA) is 108 Å². The first kappa shape index (κ1) is 19.7. The van der Waals surface area contributed by atoms with E-state index in [1.165, 1.54) is 24.5 Å². The molecule has 0 aliphatic rings. The number of phenolic OH excluding ortho intramolecular Hbond substituents is 1. The van der Waals surface area contributed by atoms with Crippen molar-refractivity contribution in [2.24, 2.45) is 0 Å². The molecule has 0 spiro atoms. The molecule has 1 heterocycles. The fourth-order valence-electron chi connectivity index (χ4n) is 2.69. The molecule has 0 aliphatic carbocycles. The Morgan fingerprint density at radius 1 is 1.14 bits per heavy atom. The van der Waals surface area contributed by atoms with Crippen LogP contribution in [-0.4, -0.2) is 28.7 Å². The van der Waals surface area contributed by atoms with Gasteiger partial charge in [0.05, 0.1) is 20.0 Å². The summed E-state index contributed by atoms with van der Waals surface area (Å²) in [6, 6.07) is 11.8. The van der Waals surface area contributed by atoms with Crippen LogP contribution in [0.1, 0.15) is 0 Å². The first-order valence-electron chi connectivity index (χ1n) is 8.11. The van der Waals surface area contributed by atoms with Crippen LogP contribution in [0, 0.1) is 5.82 Å². The average Bonchev–Trinajstić information content (AvgIpc) is 3.20. The van der Waals surface area contributed by atoms with Crippen LogP contribution in [0.5, 0.6) is 5.75 Å². The van der Waals surface area contributed by atoms with E-state index in [0.717, 1.165) is 17.8 Å². The summed E-state index contributed by atoms with van der Waals surface area (Å²) in [4.78, 5) is 4.16. The number of sulfonamides is 1. The van der Waals surface area contributed by atoms with Crippen LogP contribution >= 0.6 is 27.7 Å². The van der Waals surface area contributed by atoms with Crippen molar-refractivity contribution in [2.75, 3.05) is 4.72 Å². The maximum atomic E-state index is 13.8. The minimum absolute atomic E-state index is 0.0142. The Labute approximate surface area is 177 Å². The standard InChI is InChI=1S/C18H12BrFN4O3S2/c19-13-6-5-10(7-14(13)20)29(26,27)24-15-8-16(28-18-21-9-22-23-18)17(25)12-4-2-1-3-11(12)15/h1-9,24-25H,(H,21,22,23). The maximum absolute atomic E-state index is 13.8. The van der Waals surface area contributed by atoms with Gasteiger partial charge in [-0.3, -0.25) is 9.82 Å². The first-order chi connectivity index (χ1) is 13.8. The molecule has 0 saturated carbocycles. The molecule has 0 aliphatic heterocycles. The van der Waals surface area contributed by atoms with Crippen LogP contribution in [0.4, 0.5) is 10.1 Å². The van der Waals surface area contributed by atoms with E-state index in [1.807, 2.05) is 0 Å². The molecule has 3 N–H and O–H groups in total. The zero-order valence-corrected chi connectivity index (χ0v) is 17.6. The molecule has 0 fully saturated rings. The summed E-state index contributed by atoms with van der Waals surface area (Å²) >= 11 is 4.10. The van der Waals surface area contributed by atoms with Crippen LogP contribution in [0.2, 0.25) is 0 Å². The molecule has 29 heavy (non-hydrogen) atoms. The second kappa shape index (κ2) is 7.65. The number of aromatic hydroxyl groups is 1. The van der Waals surface area contributed by atoms with E-state index in [2.05, 4.69) is 35.8 Å². The van der Waals surface area contributed by atoms with Gasteiger partial charge in [0.15, 0.2) is 5.16 Å². The van der Waals surface area contributed by atoms with Gasteiger partial charge in [-0.05, 0) is 52.0 Å². The number of nitrogens with zero attached hydrogens (tertiary/aromatic N) is 2. The highest BCUT2D eigenvalue weighted by molar-refractivity contribution is 9.10. The van der Waals surface area contributed by atoms with E-state index < -0.39 is 15.8 Å². The summed E-state index contributed by atoms with van der Waals surface area (Å²) in [5.41, 5.74) is 0.240. The van der Waals surface area contributed by atoms with E-state index in [-0.39, 0.29) is 20.8 Å². The Hall–Kier alpha value is -2.63. The number of aromatic nitrogens is 3. The second-order valence-electron chi connectivity index (χ2n) is 5.89. The molecule has 0 saturated heterocycles. The lowest BCUT2D eigenvalue weighted by Gasteiger charge is -2.14. The van der Waals surface area contributed by atoms with Gasteiger partial charge in [-0.15, -0.1) is 0 Å². The van der Waals surface area contributed by atoms with Crippen molar-refractivity contribution >= 4 is 54.2 Å². The zero-order chi connectivity index (χ0) is 20.6. The predicted octanol–water partition coefficient (Wildman–Crippen LogP) is 4.52. The molecule has 4 aromatic rings. The summed E-state index contributed by atoms with van der Waals surface area (Å²) in [6.07, 6.45) is 1.33. The number of hydrogen-bond acceptors (Lipinski definition) is 6. The average molecular weight is 495 g/mol. The fraction of sp³-hybridized carbons (Fsp3) is 0. The van der Waals surface area contributed by atoms with E-state index in [0.29, 0.717) is 20.8 Å². The summed E-state index contributed by atoms with van der Waals surface area (Å²) < 4.78 is 42.2. The summed E-state index contributed by atoms with van der Waals surface area (Å²) in [7, 11) is -4.07. The van der Waals surface area contributed by atoms with Crippen molar-refractivity contribution in [3.63, 3.8) is 0 Å². The molecule has 0 unspecified atom stereocenters. The lowest BCUT2D eigenvalue weighted by atomic mass is 10.1. The molecule has 0 amide bonds. The third-order valence-electron chi connectivity index (χ3n) is 4.03. The number of benzene rings is 3. The molecule has 7 nitrogen and oxygen atoms in total. The van der Waals surface area contributed by atoms with E-state index >= 15 is 0 Å². The summed E-state index contributed by atoms with van der Waals surface area (Å²) in [5.74, 6) is -0.704. The van der Waals surface area contributed by atoms with Crippen LogP contribution < -0.4 is 4.72 Å². The van der Waals surface area contributed by atoms with Crippen LogP contribution in [0.15, 0.2) is 74.3 Å². The monoisotopic (exact) mass is 494 g/mol. The van der Waals surface area contributed by atoms with E-state index in [4.69, 9.17) is 0 Å². The number of aromatic amines is 1. The van der Waals surface area contributed by atoms with Crippen molar-refractivity contribution in [1.82, 2.24) is 15.2 Å². The largest absolute Gasteiger partial charge is 0.506 e. The molecule has 1 aromatic heterocycles. The molecule has 4 rings (SSSR count). The number of hydrogen-bond donors (Lipinski definition) is 3. The molecule has 0 bridgehead atoms. The van der Waals surface area contributed by atoms with E-state index in [9.17, 15) is 17.9 Å². The minimum Gasteiger partial charge on any atom is -0.506 e. The van der Waals surface area contributed by atoms with Gasteiger partial charge < -0.3 is 5.11 Å². The number of anilines is 1. The number of phenols is 1. The quantitative estimate of drug-likeness (QED) is 0.352. The Bertz CT molecular complexity index is 1310. The Balaban J connectivity index is 1.82. The normalized spacial score (nSPS) is 11.7. The van der Waals surface area contributed by atoms with Gasteiger partial charge in [-0.1, -0.05) is 24.3 Å². The predicted molar refractivity (Wildman–Crippen MR) is 111 cm³/mol. The highest BCUT2D eigenvalue weighted by Crippen LogP contribution is 2.42. The molecular formula is C18H12BrFN4O3S2. The van der Waals surface area contributed by atoms with Crippen molar-refractivity contribution in [2.45, 2.75) is 14.9 Å². The van der Waals surface area contributed by atoms with Crippen molar-refractivity contribution in [3.8, 4) is 5.75 Å². The number of halogens is 2. The van der Waals surface area contributed by atoms with Gasteiger partial charge >= 0.3 is 0 Å². The third-order valence-corrected chi connectivity index (χ3v) is 6.95. The maximum Gasteiger partial charge on any atom is 0.262 e. The summed E-state index contributed by atoms with van der Waals surface area (Å²) in [6.45, 7) is 0. The number of rotatable bonds is 5. The van der Waals surface area contributed by atoms with Gasteiger partial charge in [0, 0.05) is 10.8 Å². The Morgan fingerprint density at radius 3 is 2.59 bits per heavy atom. The van der Waals surface area contributed by atoms with Gasteiger partial charge in [0.1, 0.15) is 17.9 Å². The number of fused-ring (bicyclic) bond motifs is 1. The van der Waals surface area contributed by atoms with Crippen LogP contribution in [-0.2, 0) is 10.0 Å². The minimum atomic E-state index is -4.07. The molecule has 0 radical (unpaired) electrons. The third kappa shape index (κ3) is 3.93. The smallest absolute Gasteiger partial charge is 0.262 e. The number of H-pyrrole nitrogens is 1. The second-order valence-corrected chi connectivity index (χ2v) is 9.46. The lowest BCUT2D eigenvalue weighted by Crippen LogP contribution is -2.13. The highest BCUT2D eigenvalue weighted by Gasteiger charge is 2.20. The van der Waals surface area contributed by atoms with Gasteiger partial charge in [0.25, 0.3) is 10.0 Å². The van der Waals surface area contributed by atoms with Crippen molar-refractivity contribution in [3.05, 3.63) is 65.1 Å². The molecule has 0 atom stereocenters.